The molecule has 2 aromatic rings. The van der Waals surface area contributed by atoms with Gasteiger partial charge in [-0.05, 0) is 61.3 Å². The van der Waals surface area contributed by atoms with Gasteiger partial charge >= 0.3 is 0 Å². The average Bonchev–Trinajstić information content (AvgIpc) is 2.44. The van der Waals surface area contributed by atoms with Crippen LogP contribution in [0.3, 0.4) is 0 Å². The Morgan fingerprint density at radius 3 is 2.57 bits per heavy atom. The maximum Gasteiger partial charge on any atom is 0.131 e. The summed E-state index contributed by atoms with van der Waals surface area (Å²) in [4.78, 5) is 0. The number of hydrogen-bond donors (Lipinski definition) is 1. The summed E-state index contributed by atoms with van der Waals surface area (Å²) in [5.41, 5.74) is 1.77. The van der Waals surface area contributed by atoms with E-state index < -0.39 is 5.82 Å². The summed E-state index contributed by atoms with van der Waals surface area (Å²) in [6.45, 7) is 5.00. The van der Waals surface area contributed by atoms with Crippen LogP contribution in [-0.4, -0.2) is 6.54 Å². The number of halogens is 3. The van der Waals surface area contributed by atoms with E-state index in [9.17, 15) is 8.78 Å². The van der Waals surface area contributed by atoms with Crippen molar-refractivity contribution in [2.75, 3.05) is 6.54 Å². The molecular weight excluding hydrogens is 292 g/mol. The van der Waals surface area contributed by atoms with Gasteiger partial charge in [-0.15, -0.1) is 0 Å². The molecule has 0 amide bonds. The van der Waals surface area contributed by atoms with Crippen LogP contribution in [0.25, 0.3) is 11.1 Å². The summed E-state index contributed by atoms with van der Waals surface area (Å²) >= 11 is 5.85. The summed E-state index contributed by atoms with van der Waals surface area (Å²) in [5.74, 6) is -0.859. The summed E-state index contributed by atoms with van der Waals surface area (Å²) in [7, 11) is 0. The van der Waals surface area contributed by atoms with Crippen LogP contribution in [0.15, 0.2) is 36.4 Å². The average molecular weight is 310 g/mol. The SMILES string of the molecule is CCCNC(C)c1ccc(F)c(-c2cc(F)cc(Cl)c2)c1. The first-order valence-corrected chi connectivity index (χ1v) is 7.38. The molecule has 0 aromatic heterocycles. The van der Waals surface area contributed by atoms with Crippen LogP contribution in [0.1, 0.15) is 31.9 Å². The molecule has 0 heterocycles. The molecule has 0 spiro atoms. The molecule has 0 bridgehead atoms. The highest BCUT2D eigenvalue weighted by molar-refractivity contribution is 6.30. The van der Waals surface area contributed by atoms with E-state index in [2.05, 4.69) is 12.2 Å². The third-order valence-corrected chi connectivity index (χ3v) is 3.58. The van der Waals surface area contributed by atoms with Crippen LogP contribution in [-0.2, 0) is 0 Å². The van der Waals surface area contributed by atoms with Crippen molar-refractivity contribution in [2.45, 2.75) is 26.3 Å². The summed E-state index contributed by atoms with van der Waals surface area (Å²) < 4.78 is 27.5. The van der Waals surface area contributed by atoms with Gasteiger partial charge in [0.2, 0.25) is 0 Å². The van der Waals surface area contributed by atoms with Gasteiger partial charge in [-0.2, -0.15) is 0 Å². The summed E-state index contributed by atoms with van der Waals surface area (Å²) in [6, 6.07) is 9.07. The van der Waals surface area contributed by atoms with Gasteiger partial charge in [0, 0.05) is 16.6 Å². The first-order valence-electron chi connectivity index (χ1n) is 7.00. The fourth-order valence-electron chi connectivity index (χ4n) is 2.22. The third-order valence-electron chi connectivity index (χ3n) is 3.36. The first-order chi connectivity index (χ1) is 10.0. The van der Waals surface area contributed by atoms with Crippen LogP contribution < -0.4 is 5.32 Å². The Balaban J connectivity index is 2.39. The first kappa shape index (κ1) is 15.9. The van der Waals surface area contributed by atoms with Gasteiger partial charge < -0.3 is 5.32 Å². The molecule has 0 radical (unpaired) electrons. The highest BCUT2D eigenvalue weighted by Crippen LogP contribution is 2.29. The van der Waals surface area contributed by atoms with Crippen LogP contribution >= 0.6 is 11.6 Å². The lowest BCUT2D eigenvalue weighted by Crippen LogP contribution is -2.19. The van der Waals surface area contributed by atoms with E-state index in [1.54, 1.807) is 18.2 Å². The van der Waals surface area contributed by atoms with Crippen molar-refractivity contribution >= 4 is 11.6 Å². The Bertz CT molecular complexity index is 608. The van der Waals surface area contributed by atoms with Gasteiger partial charge in [-0.3, -0.25) is 0 Å². The molecular formula is C17H18ClF2N. The molecule has 2 rings (SSSR count). The van der Waals surface area contributed by atoms with E-state index in [4.69, 9.17) is 11.6 Å². The lowest BCUT2D eigenvalue weighted by atomic mass is 9.99. The Labute approximate surface area is 128 Å². The molecule has 0 aliphatic heterocycles. The standard InChI is InChI=1S/C17H18ClF2N/c1-3-6-21-11(2)12-4-5-17(20)16(9-12)13-7-14(18)10-15(19)8-13/h4-5,7-11,21H,3,6H2,1-2H3. The Morgan fingerprint density at radius 1 is 1.14 bits per heavy atom. The van der Waals surface area contributed by atoms with Crippen molar-refractivity contribution in [3.05, 3.63) is 58.6 Å². The molecule has 1 N–H and O–H groups in total. The van der Waals surface area contributed by atoms with Crippen molar-refractivity contribution < 1.29 is 8.78 Å². The van der Waals surface area contributed by atoms with Gasteiger partial charge in [0.15, 0.2) is 0 Å². The zero-order chi connectivity index (χ0) is 15.4. The highest BCUT2D eigenvalue weighted by Gasteiger charge is 2.11. The van der Waals surface area contributed by atoms with E-state index in [0.717, 1.165) is 18.5 Å². The second-order valence-electron chi connectivity index (χ2n) is 5.07. The minimum Gasteiger partial charge on any atom is -0.310 e. The quantitative estimate of drug-likeness (QED) is 0.785. The second kappa shape index (κ2) is 7.01. The molecule has 0 fully saturated rings. The molecule has 0 aliphatic rings. The molecule has 0 saturated carbocycles. The number of rotatable bonds is 5. The van der Waals surface area contributed by atoms with Crippen molar-refractivity contribution in [3.63, 3.8) is 0 Å². The predicted octanol–water partition coefficient (Wildman–Crippen LogP) is 5.35. The lowest BCUT2D eigenvalue weighted by Gasteiger charge is -2.15. The summed E-state index contributed by atoms with van der Waals surface area (Å²) in [5, 5.41) is 3.60. The van der Waals surface area contributed by atoms with Crippen LogP contribution in [0.2, 0.25) is 5.02 Å². The zero-order valence-corrected chi connectivity index (χ0v) is 12.8. The molecule has 21 heavy (non-hydrogen) atoms. The lowest BCUT2D eigenvalue weighted by molar-refractivity contribution is 0.568. The normalized spacial score (nSPS) is 12.4. The van der Waals surface area contributed by atoms with E-state index in [1.165, 1.54) is 18.2 Å². The molecule has 1 nitrogen and oxygen atoms in total. The zero-order valence-electron chi connectivity index (χ0n) is 12.1. The van der Waals surface area contributed by atoms with Crippen molar-refractivity contribution in [1.82, 2.24) is 5.32 Å². The van der Waals surface area contributed by atoms with Gasteiger partial charge in [-0.1, -0.05) is 24.6 Å². The largest absolute Gasteiger partial charge is 0.310 e. The maximum absolute atomic E-state index is 14.0. The maximum atomic E-state index is 14.0. The van der Waals surface area contributed by atoms with Gasteiger partial charge in [0.1, 0.15) is 11.6 Å². The summed E-state index contributed by atoms with van der Waals surface area (Å²) in [6.07, 6.45) is 1.03. The van der Waals surface area contributed by atoms with Crippen molar-refractivity contribution in [3.8, 4) is 11.1 Å². The molecule has 0 aliphatic carbocycles. The van der Waals surface area contributed by atoms with Crippen LogP contribution in [0.4, 0.5) is 8.78 Å². The minimum atomic E-state index is -0.473. The molecule has 1 unspecified atom stereocenters. The smallest absolute Gasteiger partial charge is 0.131 e. The van der Waals surface area contributed by atoms with Crippen molar-refractivity contribution in [1.29, 1.82) is 0 Å². The molecule has 2 aromatic carbocycles. The minimum absolute atomic E-state index is 0.105. The fraction of sp³-hybridized carbons (Fsp3) is 0.294. The van der Waals surface area contributed by atoms with Crippen molar-refractivity contribution in [2.24, 2.45) is 0 Å². The third kappa shape index (κ3) is 4.02. The van der Waals surface area contributed by atoms with Crippen LogP contribution in [0, 0.1) is 11.6 Å². The van der Waals surface area contributed by atoms with Crippen LogP contribution in [0.5, 0.6) is 0 Å². The predicted molar refractivity (Wildman–Crippen MR) is 83.5 cm³/mol. The van der Waals surface area contributed by atoms with E-state index in [1.807, 2.05) is 6.92 Å². The molecule has 0 saturated heterocycles. The number of nitrogens with one attached hydrogen (secondary N) is 1. The van der Waals surface area contributed by atoms with E-state index in [0.29, 0.717) is 11.1 Å². The van der Waals surface area contributed by atoms with E-state index in [-0.39, 0.29) is 16.9 Å². The Kier molecular flexibility index (Phi) is 5.32. The Hall–Kier alpha value is -1.45. The number of benzene rings is 2. The topological polar surface area (TPSA) is 12.0 Å². The fourth-order valence-corrected chi connectivity index (χ4v) is 2.44. The van der Waals surface area contributed by atoms with Gasteiger partial charge in [0.05, 0.1) is 0 Å². The highest BCUT2D eigenvalue weighted by atomic mass is 35.5. The Morgan fingerprint density at radius 2 is 1.90 bits per heavy atom. The van der Waals surface area contributed by atoms with Gasteiger partial charge in [0.25, 0.3) is 0 Å². The van der Waals surface area contributed by atoms with Gasteiger partial charge in [-0.25, -0.2) is 8.78 Å². The molecule has 112 valence electrons. The monoisotopic (exact) mass is 309 g/mol. The van der Waals surface area contributed by atoms with E-state index >= 15 is 0 Å². The molecule has 1 atom stereocenters. The second-order valence-corrected chi connectivity index (χ2v) is 5.51. The number of hydrogen-bond acceptors (Lipinski definition) is 1. The molecule has 4 heteroatoms.